The molecule has 1 aliphatic heterocycles. The third kappa shape index (κ3) is 2.63. The molecule has 5 heterocycles. The van der Waals surface area contributed by atoms with Gasteiger partial charge in [-0.25, -0.2) is 14.6 Å². The Hall–Kier alpha value is -3.63. The standard InChI is InChI=1S/C16H17N11/c1-11-21-22-13-3-4-14(23-27(11)13)25-7-12(8-25)24(2)15-5-17-6-16(20-15)26-10-18-9-19-26/h3-6,9-10,12H,7-8H2,1-2H3. The maximum atomic E-state index is 4.63. The lowest BCUT2D eigenvalue weighted by atomic mass is 10.1. The molecular formula is C16H17N11. The summed E-state index contributed by atoms with van der Waals surface area (Å²) in [6, 6.07) is 4.24. The molecule has 0 spiro atoms. The fourth-order valence-electron chi connectivity index (χ4n) is 3.08. The quantitative estimate of drug-likeness (QED) is 0.500. The van der Waals surface area contributed by atoms with Gasteiger partial charge in [-0.15, -0.1) is 15.3 Å². The Morgan fingerprint density at radius 1 is 1.07 bits per heavy atom. The number of aromatic nitrogens is 9. The van der Waals surface area contributed by atoms with Crippen LogP contribution in [-0.4, -0.2) is 70.7 Å². The van der Waals surface area contributed by atoms with Crippen LogP contribution in [-0.2, 0) is 0 Å². The molecule has 4 aromatic heterocycles. The number of anilines is 2. The SMILES string of the molecule is Cc1nnc2ccc(N3CC(N(C)c4cncc(-n5cncn5)n4)C3)nn12. The highest BCUT2D eigenvalue weighted by molar-refractivity contribution is 5.50. The molecule has 0 bridgehead atoms. The number of rotatable bonds is 4. The summed E-state index contributed by atoms with van der Waals surface area (Å²) in [5, 5.41) is 16.8. The van der Waals surface area contributed by atoms with E-state index < -0.39 is 0 Å². The van der Waals surface area contributed by atoms with Gasteiger partial charge in [0.15, 0.2) is 17.3 Å². The highest BCUT2D eigenvalue weighted by Crippen LogP contribution is 2.24. The normalized spacial score (nSPS) is 14.5. The van der Waals surface area contributed by atoms with E-state index in [-0.39, 0.29) is 0 Å². The molecule has 4 aromatic rings. The lowest BCUT2D eigenvalue weighted by Gasteiger charge is -2.44. The molecule has 0 unspecified atom stereocenters. The second-order valence-corrected chi connectivity index (χ2v) is 6.45. The third-order valence-corrected chi connectivity index (χ3v) is 4.76. The predicted molar refractivity (Wildman–Crippen MR) is 96.9 cm³/mol. The van der Waals surface area contributed by atoms with Crippen LogP contribution >= 0.6 is 0 Å². The van der Waals surface area contributed by atoms with E-state index in [9.17, 15) is 0 Å². The largest absolute Gasteiger partial charge is 0.352 e. The zero-order valence-electron chi connectivity index (χ0n) is 14.9. The highest BCUT2D eigenvalue weighted by Gasteiger charge is 2.32. The first-order valence-electron chi connectivity index (χ1n) is 8.53. The van der Waals surface area contributed by atoms with E-state index in [0.717, 1.165) is 36.2 Å². The summed E-state index contributed by atoms with van der Waals surface area (Å²) in [5.74, 6) is 3.13. The van der Waals surface area contributed by atoms with Gasteiger partial charge >= 0.3 is 0 Å². The van der Waals surface area contributed by atoms with E-state index in [1.165, 1.54) is 6.33 Å². The number of hydrogen-bond donors (Lipinski definition) is 0. The maximum Gasteiger partial charge on any atom is 0.178 e. The smallest absolute Gasteiger partial charge is 0.178 e. The summed E-state index contributed by atoms with van der Waals surface area (Å²) in [7, 11) is 2.03. The van der Waals surface area contributed by atoms with Crippen molar-refractivity contribution in [2.45, 2.75) is 13.0 Å². The molecular weight excluding hydrogens is 346 g/mol. The first kappa shape index (κ1) is 15.6. The van der Waals surface area contributed by atoms with Crippen LogP contribution in [0.15, 0.2) is 37.2 Å². The van der Waals surface area contributed by atoms with E-state index in [1.54, 1.807) is 27.9 Å². The van der Waals surface area contributed by atoms with Gasteiger partial charge < -0.3 is 9.80 Å². The molecule has 5 rings (SSSR count). The zero-order valence-corrected chi connectivity index (χ0v) is 14.9. The van der Waals surface area contributed by atoms with Crippen LogP contribution in [0.25, 0.3) is 11.5 Å². The van der Waals surface area contributed by atoms with Crippen LogP contribution in [0.5, 0.6) is 0 Å². The van der Waals surface area contributed by atoms with Gasteiger partial charge in [-0.3, -0.25) is 4.98 Å². The molecule has 0 radical (unpaired) electrons. The molecule has 0 atom stereocenters. The molecule has 27 heavy (non-hydrogen) atoms. The second-order valence-electron chi connectivity index (χ2n) is 6.45. The molecule has 11 nitrogen and oxygen atoms in total. The van der Waals surface area contributed by atoms with Crippen LogP contribution in [0.4, 0.5) is 11.6 Å². The van der Waals surface area contributed by atoms with Crippen molar-refractivity contribution in [3.05, 3.63) is 43.0 Å². The van der Waals surface area contributed by atoms with E-state index in [4.69, 9.17) is 0 Å². The van der Waals surface area contributed by atoms with Crippen molar-refractivity contribution in [3.63, 3.8) is 0 Å². The lowest BCUT2D eigenvalue weighted by Crippen LogP contribution is -2.59. The number of fused-ring (bicyclic) bond motifs is 1. The molecule has 11 heteroatoms. The van der Waals surface area contributed by atoms with Crippen LogP contribution < -0.4 is 9.80 Å². The topological polar surface area (TPSA) is 106 Å². The van der Waals surface area contributed by atoms with Crippen molar-refractivity contribution in [2.24, 2.45) is 0 Å². The Bertz CT molecular complexity index is 1080. The van der Waals surface area contributed by atoms with Gasteiger partial charge in [0.25, 0.3) is 0 Å². The Balaban J connectivity index is 1.31. The molecule has 1 aliphatic rings. The van der Waals surface area contributed by atoms with Crippen molar-refractivity contribution < 1.29 is 0 Å². The third-order valence-electron chi connectivity index (χ3n) is 4.76. The molecule has 136 valence electrons. The van der Waals surface area contributed by atoms with Crippen molar-refractivity contribution in [3.8, 4) is 5.82 Å². The Morgan fingerprint density at radius 2 is 1.96 bits per heavy atom. The van der Waals surface area contributed by atoms with Gasteiger partial charge in [0.05, 0.1) is 18.4 Å². The average Bonchev–Trinajstić information content (AvgIpc) is 3.31. The van der Waals surface area contributed by atoms with E-state index in [0.29, 0.717) is 11.9 Å². The fraction of sp³-hybridized carbons (Fsp3) is 0.312. The first-order chi connectivity index (χ1) is 13.2. The average molecular weight is 363 g/mol. The van der Waals surface area contributed by atoms with Gasteiger partial charge in [0.2, 0.25) is 0 Å². The van der Waals surface area contributed by atoms with Crippen molar-refractivity contribution in [1.82, 2.24) is 44.5 Å². The van der Waals surface area contributed by atoms with E-state index >= 15 is 0 Å². The van der Waals surface area contributed by atoms with Gasteiger partial charge in [-0.05, 0) is 19.1 Å². The van der Waals surface area contributed by atoms with Gasteiger partial charge in [-0.2, -0.15) is 9.61 Å². The van der Waals surface area contributed by atoms with Gasteiger partial charge in [0.1, 0.15) is 24.3 Å². The number of hydrogen-bond acceptors (Lipinski definition) is 9. The lowest BCUT2D eigenvalue weighted by molar-refractivity contribution is 0.486. The Morgan fingerprint density at radius 3 is 2.78 bits per heavy atom. The molecule has 0 aromatic carbocycles. The number of likely N-dealkylation sites (N-methyl/N-ethyl adjacent to an activating group) is 1. The highest BCUT2D eigenvalue weighted by atomic mass is 15.4. The Kier molecular flexibility index (Phi) is 3.45. The monoisotopic (exact) mass is 363 g/mol. The second kappa shape index (κ2) is 5.97. The molecule has 1 fully saturated rings. The fourth-order valence-corrected chi connectivity index (χ4v) is 3.08. The minimum Gasteiger partial charge on any atom is -0.352 e. The van der Waals surface area contributed by atoms with Crippen LogP contribution in [0, 0.1) is 6.92 Å². The molecule has 0 aliphatic carbocycles. The number of aryl methyl sites for hydroxylation is 1. The minimum atomic E-state index is 0.324. The predicted octanol–water partition coefficient (Wildman–Crippen LogP) is 0.128. The maximum absolute atomic E-state index is 4.63. The minimum absolute atomic E-state index is 0.324. The van der Waals surface area contributed by atoms with Crippen LogP contribution in [0.1, 0.15) is 5.82 Å². The van der Waals surface area contributed by atoms with Crippen molar-refractivity contribution in [1.29, 1.82) is 0 Å². The first-order valence-corrected chi connectivity index (χ1v) is 8.53. The summed E-state index contributed by atoms with van der Waals surface area (Å²) >= 11 is 0. The summed E-state index contributed by atoms with van der Waals surface area (Å²) in [5.41, 5.74) is 0.755. The van der Waals surface area contributed by atoms with Gasteiger partial charge in [0, 0.05) is 20.1 Å². The number of nitrogens with zero attached hydrogens (tertiary/aromatic N) is 11. The van der Waals surface area contributed by atoms with Crippen molar-refractivity contribution in [2.75, 3.05) is 29.9 Å². The zero-order chi connectivity index (χ0) is 18.4. The molecule has 0 N–H and O–H groups in total. The molecule has 1 saturated heterocycles. The summed E-state index contributed by atoms with van der Waals surface area (Å²) < 4.78 is 3.36. The van der Waals surface area contributed by atoms with Crippen molar-refractivity contribution >= 4 is 17.3 Å². The van der Waals surface area contributed by atoms with Crippen LogP contribution in [0.3, 0.4) is 0 Å². The molecule has 0 amide bonds. The van der Waals surface area contributed by atoms with Gasteiger partial charge in [-0.1, -0.05) is 0 Å². The summed E-state index contributed by atoms with van der Waals surface area (Å²) in [6.45, 7) is 3.60. The van der Waals surface area contributed by atoms with E-state index in [2.05, 4.69) is 45.1 Å². The Labute approximate surface area is 154 Å². The summed E-state index contributed by atoms with van der Waals surface area (Å²) in [6.07, 6.45) is 6.50. The molecule has 0 saturated carbocycles. The summed E-state index contributed by atoms with van der Waals surface area (Å²) in [4.78, 5) is 17.2. The van der Waals surface area contributed by atoms with E-state index in [1.807, 2.05) is 26.1 Å². The van der Waals surface area contributed by atoms with Crippen LogP contribution in [0.2, 0.25) is 0 Å².